The summed E-state index contributed by atoms with van der Waals surface area (Å²) >= 11 is 7.52. The molecule has 0 saturated carbocycles. The number of ether oxygens (including phenoxy) is 1. The van der Waals surface area contributed by atoms with Gasteiger partial charge in [0.05, 0.1) is 0 Å². The maximum absolute atomic E-state index is 13.0. The Bertz CT molecular complexity index is 854. The van der Waals surface area contributed by atoms with Crippen LogP contribution in [-0.4, -0.2) is 14.8 Å². The summed E-state index contributed by atoms with van der Waals surface area (Å²) in [5, 5.41) is 9.86. The van der Waals surface area contributed by atoms with Crippen LogP contribution in [0.15, 0.2) is 53.7 Å². The molecule has 1 aromatic heterocycles. The van der Waals surface area contributed by atoms with Crippen LogP contribution in [0, 0.1) is 5.82 Å². The van der Waals surface area contributed by atoms with Gasteiger partial charge >= 0.3 is 0 Å². The Balaban J connectivity index is 1.66. The van der Waals surface area contributed by atoms with Crippen molar-refractivity contribution in [3.63, 3.8) is 0 Å². The van der Waals surface area contributed by atoms with E-state index in [2.05, 4.69) is 10.2 Å². The van der Waals surface area contributed by atoms with Crippen molar-refractivity contribution in [3.05, 3.63) is 70.8 Å². The van der Waals surface area contributed by atoms with Gasteiger partial charge in [-0.3, -0.25) is 0 Å². The standard InChI is InChI=1S/C18H17ClFN3OS/c1-12(24-16-5-3-4-14(19)10-16)17-21-22-18(23(17)2)25-11-13-6-8-15(20)9-7-13/h3-10,12H,11H2,1-2H3. The van der Waals surface area contributed by atoms with Crippen molar-refractivity contribution in [1.82, 2.24) is 14.8 Å². The van der Waals surface area contributed by atoms with Crippen molar-refractivity contribution >= 4 is 23.4 Å². The van der Waals surface area contributed by atoms with Gasteiger partial charge in [-0.2, -0.15) is 0 Å². The second-order valence-electron chi connectivity index (χ2n) is 5.53. The largest absolute Gasteiger partial charge is 0.483 e. The Kier molecular flexibility index (Phi) is 5.60. The first-order valence-corrected chi connectivity index (χ1v) is 9.08. The first kappa shape index (κ1) is 17.8. The monoisotopic (exact) mass is 377 g/mol. The summed E-state index contributed by atoms with van der Waals surface area (Å²) in [6, 6.07) is 13.7. The van der Waals surface area contributed by atoms with Crippen LogP contribution in [-0.2, 0) is 12.8 Å². The molecule has 130 valence electrons. The summed E-state index contributed by atoms with van der Waals surface area (Å²) in [5.74, 6) is 1.86. The van der Waals surface area contributed by atoms with Gasteiger partial charge in [0.25, 0.3) is 0 Å². The second kappa shape index (κ2) is 7.89. The SMILES string of the molecule is CC(Oc1cccc(Cl)c1)c1nnc(SCc2ccc(F)cc2)n1C. The van der Waals surface area contributed by atoms with Crippen molar-refractivity contribution in [2.24, 2.45) is 7.05 Å². The zero-order valence-electron chi connectivity index (χ0n) is 13.8. The molecule has 4 nitrogen and oxygen atoms in total. The zero-order valence-corrected chi connectivity index (χ0v) is 15.4. The summed E-state index contributed by atoms with van der Waals surface area (Å²) in [5.41, 5.74) is 1.03. The third-order valence-electron chi connectivity index (χ3n) is 3.62. The van der Waals surface area contributed by atoms with Gasteiger partial charge in [-0.15, -0.1) is 10.2 Å². The first-order valence-electron chi connectivity index (χ1n) is 7.71. The topological polar surface area (TPSA) is 39.9 Å². The second-order valence-corrected chi connectivity index (χ2v) is 6.91. The van der Waals surface area contributed by atoms with E-state index < -0.39 is 0 Å². The maximum Gasteiger partial charge on any atom is 0.191 e. The van der Waals surface area contributed by atoms with Gasteiger partial charge in [0.1, 0.15) is 11.6 Å². The van der Waals surface area contributed by atoms with Crippen LogP contribution in [0.3, 0.4) is 0 Å². The van der Waals surface area contributed by atoms with Gasteiger partial charge in [-0.1, -0.05) is 41.6 Å². The molecular weight excluding hydrogens is 361 g/mol. The first-order chi connectivity index (χ1) is 12.0. The van der Waals surface area contributed by atoms with Crippen molar-refractivity contribution in [3.8, 4) is 5.75 Å². The van der Waals surface area contributed by atoms with Gasteiger partial charge in [-0.05, 0) is 42.8 Å². The lowest BCUT2D eigenvalue weighted by Gasteiger charge is -2.14. The fourth-order valence-electron chi connectivity index (χ4n) is 2.33. The number of aromatic nitrogens is 3. The molecule has 0 aliphatic carbocycles. The van der Waals surface area contributed by atoms with Crippen molar-refractivity contribution in [2.75, 3.05) is 0 Å². The summed E-state index contributed by atoms with van der Waals surface area (Å²) in [6.07, 6.45) is -0.267. The van der Waals surface area contributed by atoms with E-state index in [1.54, 1.807) is 36.0 Å². The van der Waals surface area contributed by atoms with Gasteiger partial charge in [0.2, 0.25) is 0 Å². The number of thioether (sulfide) groups is 1. The quantitative estimate of drug-likeness (QED) is 0.564. The van der Waals surface area contributed by atoms with E-state index in [-0.39, 0.29) is 11.9 Å². The molecule has 0 bridgehead atoms. The van der Waals surface area contributed by atoms with Crippen molar-refractivity contribution in [1.29, 1.82) is 0 Å². The highest BCUT2D eigenvalue weighted by molar-refractivity contribution is 7.98. The van der Waals surface area contributed by atoms with Crippen LogP contribution < -0.4 is 4.74 Å². The third kappa shape index (κ3) is 4.52. The lowest BCUT2D eigenvalue weighted by atomic mass is 10.2. The van der Waals surface area contributed by atoms with E-state index in [1.165, 1.54) is 12.1 Å². The minimum Gasteiger partial charge on any atom is -0.483 e. The minimum atomic E-state index is -0.267. The van der Waals surface area contributed by atoms with Crippen LogP contribution in [0.2, 0.25) is 5.02 Å². The average Bonchev–Trinajstić information content (AvgIpc) is 2.95. The van der Waals surface area contributed by atoms with Crippen molar-refractivity contribution in [2.45, 2.75) is 23.9 Å². The molecule has 0 aliphatic heterocycles. The van der Waals surface area contributed by atoms with E-state index >= 15 is 0 Å². The zero-order chi connectivity index (χ0) is 17.8. The van der Waals surface area contributed by atoms with E-state index in [1.807, 2.05) is 30.7 Å². The highest BCUT2D eigenvalue weighted by atomic mass is 35.5. The average molecular weight is 378 g/mol. The third-order valence-corrected chi connectivity index (χ3v) is 4.95. The lowest BCUT2D eigenvalue weighted by molar-refractivity contribution is 0.211. The normalized spacial score (nSPS) is 12.2. The lowest BCUT2D eigenvalue weighted by Crippen LogP contribution is -2.10. The predicted molar refractivity (Wildman–Crippen MR) is 97.5 cm³/mol. The molecular formula is C18H17ClFN3OS. The Morgan fingerprint density at radius 2 is 1.96 bits per heavy atom. The summed E-state index contributed by atoms with van der Waals surface area (Å²) < 4.78 is 20.8. The van der Waals surface area contributed by atoms with E-state index in [9.17, 15) is 4.39 Å². The number of nitrogens with zero attached hydrogens (tertiary/aromatic N) is 3. The van der Waals surface area contributed by atoms with Gasteiger partial charge < -0.3 is 9.30 Å². The number of halogens is 2. The smallest absolute Gasteiger partial charge is 0.191 e. The fraction of sp³-hybridized carbons (Fsp3) is 0.222. The summed E-state index contributed by atoms with van der Waals surface area (Å²) in [6.45, 7) is 1.92. The van der Waals surface area contributed by atoms with Crippen LogP contribution in [0.5, 0.6) is 5.75 Å². The maximum atomic E-state index is 13.0. The molecule has 0 radical (unpaired) electrons. The molecule has 3 aromatic rings. The van der Waals surface area contributed by atoms with E-state index in [4.69, 9.17) is 16.3 Å². The van der Waals surface area contributed by atoms with Gasteiger partial charge in [-0.25, -0.2) is 4.39 Å². The Labute approximate surface area is 155 Å². The molecule has 2 aromatic carbocycles. The summed E-state index contributed by atoms with van der Waals surface area (Å²) in [7, 11) is 1.90. The molecule has 0 aliphatic rings. The van der Waals surface area contributed by atoms with Crippen LogP contribution in [0.4, 0.5) is 4.39 Å². The van der Waals surface area contributed by atoms with Gasteiger partial charge in [0.15, 0.2) is 17.1 Å². The molecule has 0 N–H and O–H groups in total. The molecule has 0 fully saturated rings. The van der Waals surface area contributed by atoms with E-state index in [0.29, 0.717) is 16.5 Å². The Morgan fingerprint density at radius 3 is 2.68 bits per heavy atom. The number of hydrogen-bond donors (Lipinski definition) is 0. The molecule has 1 atom stereocenters. The molecule has 0 amide bonds. The predicted octanol–water partition coefficient (Wildman–Crippen LogP) is 5.04. The Hall–Kier alpha value is -2.05. The fourth-order valence-corrected chi connectivity index (χ4v) is 3.39. The molecule has 7 heteroatoms. The molecule has 25 heavy (non-hydrogen) atoms. The molecule has 3 rings (SSSR count). The van der Waals surface area contributed by atoms with Gasteiger partial charge in [0, 0.05) is 17.8 Å². The minimum absolute atomic E-state index is 0.235. The highest BCUT2D eigenvalue weighted by Crippen LogP contribution is 2.26. The van der Waals surface area contributed by atoms with Crippen LogP contribution in [0.25, 0.3) is 0 Å². The Morgan fingerprint density at radius 1 is 1.20 bits per heavy atom. The molecule has 1 heterocycles. The molecule has 0 saturated heterocycles. The summed E-state index contributed by atoms with van der Waals surface area (Å²) in [4.78, 5) is 0. The van der Waals surface area contributed by atoms with E-state index in [0.717, 1.165) is 16.5 Å². The van der Waals surface area contributed by atoms with Crippen LogP contribution in [0.1, 0.15) is 24.4 Å². The molecule has 0 spiro atoms. The number of rotatable bonds is 6. The highest BCUT2D eigenvalue weighted by Gasteiger charge is 2.17. The van der Waals surface area contributed by atoms with Crippen molar-refractivity contribution < 1.29 is 9.13 Å². The number of hydrogen-bond acceptors (Lipinski definition) is 4. The molecule has 1 unspecified atom stereocenters. The van der Waals surface area contributed by atoms with Crippen LogP contribution >= 0.6 is 23.4 Å². The number of benzene rings is 2.